The minimum absolute atomic E-state index is 0.110. The van der Waals surface area contributed by atoms with Crippen LogP contribution in [0.3, 0.4) is 0 Å². The molecule has 12 rings (SSSR count). The number of aromatic nitrogens is 4. The molecule has 2 heterocycles. The molecule has 0 amide bonds. The van der Waals surface area contributed by atoms with Crippen LogP contribution in [0.15, 0.2) is 175 Å². The van der Waals surface area contributed by atoms with Gasteiger partial charge in [0.2, 0.25) is 0 Å². The van der Waals surface area contributed by atoms with Crippen molar-refractivity contribution in [1.82, 2.24) is 19.9 Å². The van der Waals surface area contributed by atoms with Crippen molar-refractivity contribution >= 4 is 5.57 Å². The monoisotopic (exact) mass is 812 g/mol. The summed E-state index contributed by atoms with van der Waals surface area (Å²) in [5.74, 6) is 1.39. The Hall–Kier alpha value is -7.04. The van der Waals surface area contributed by atoms with Gasteiger partial charge in [-0.2, -0.15) is 0 Å². The van der Waals surface area contributed by atoms with E-state index < -0.39 is 0 Å². The third kappa shape index (κ3) is 6.10. The van der Waals surface area contributed by atoms with Crippen LogP contribution in [-0.2, 0) is 10.8 Å². The number of hydrogen-bond donors (Lipinski definition) is 0. The molecule has 0 saturated heterocycles. The molecule has 304 valence electrons. The molecule has 1 saturated carbocycles. The van der Waals surface area contributed by atoms with E-state index in [0.717, 1.165) is 63.4 Å². The summed E-state index contributed by atoms with van der Waals surface area (Å²) in [4.78, 5) is 21.3. The first-order valence-electron chi connectivity index (χ1n) is 22.7. The Balaban J connectivity index is 0.984. The molecule has 2 aromatic heterocycles. The lowest BCUT2D eigenvalue weighted by Crippen LogP contribution is -2.29. The Bertz CT molecular complexity index is 3150. The molecule has 4 aliphatic rings. The molecule has 4 nitrogen and oxygen atoms in total. The van der Waals surface area contributed by atoms with Gasteiger partial charge >= 0.3 is 0 Å². The first-order valence-corrected chi connectivity index (χ1v) is 22.7. The van der Waals surface area contributed by atoms with Crippen molar-refractivity contribution in [2.75, 3.05) is 0 Å². The molecule has 0 aliphatic heterocycles. The fourth-order valence-electron chi connectivity index (χ4n) is 11.4. The molecule has 0 N–H and O–H groups in total. The zero-order chi connectivity index (χ0) is 42.1. The fraction of sp³-hybridized carbons (Fsp3) is 0.186. The zero-order valence-corrected chi connectivity index (χ0v) is 35.9. The smallest absolute Gasteiger partial charge is 0.160 e. The predicted octanol–water partition coefficient (Wildman–Crippen LogP) is 14.9. The fourth-order valence-corrected chi connectivity index (χ4v) is 11.4. The Labute approximate surface area is 370 Å². The minimum atomic E-state index is -0.110. The maximum Gasteiger partial charge on any atom is 0.160 e. The van der Waals surface area contributed by atoms with Gasteiger partial charge < -0.3 is 0 Å². The summed E-state index contributed by atoms with van der Waals surface area (Å²) in [6.45, 7) is 4.65. The standard InChI is InChI=1S/C59H48N4/c1-58(2)46-26-12-10-22-42(46)54-44(24-16-28-48(54)58)52-36-50(38-18-6-3-7-19-38)60-56(62-52)40-30-32-41(33-31-40)57-61-51(39-20-8-4-9-21-39)37-53(63-57)45-25-17-29-49-55(45)43-23-11-13-27-47(43)59(49)34-14-5-15-35-59/h3-4,6-10,12-13,16-22,24-33,36-37H,5,11,14-15,23,34-35H2,1-2H3. The molecule has 0 radical (unpaired) electrons. The van der Waals surface area contributed by atoms with Crippen molar-refractivity contribution in [3.63, 3.8) is 0 Å². The predicted molar refractivity (Wildman–Crippen MR) is 258 cm³/mol. The summed E-state index contributed by atoms with van der Waals surface area (Å²) in [6, 6.07) is 56.4. The first-order chi connectivity index (χ1) is 31.0. The molecule has 4 aliphatic carbocycles. The SMILES string of the molecule is CC1(C)c2ccccc2-c2c(-c3cc(-c4ccccc4)nc(-c4ccc(-c5nc(-c6ccccc6)cc(-c6cccc7c6C6=C(C=CCC6)C76CCCCC6)n5)cc4)n3)cccc21. The number of benzene rings is 6. The summed E-state index contributed by atoms with van der Waals surface area (Å²) in [7, 11) is 0. The van der Waals surface area contributed by atoms with E-state index in [9.17, 15) is 0 Å². The maximum atomic E-state index is 5.44. The Kier molecular flexibility index (Phi) is 8.86. The lowest BCUT2D eigenvalue weighted by atomic mass is 9.66. The summed E-state index contributed by atoms with van der Waals surface area (Å²) in [6.07, 6.45) is 13.4. The van der Waals surface area contributed by atoms with E-state index in [1.807, 2.05) is 0 Å². The molecule has 1 fully saturated rings. The number of allylic oxidation sites excluding steroid dienone is 4. The quantitative estimate of drug-likeness (QED) is 0.168. The third-order valence-electron chi connectivity index (χ3n) is 14.4. The summed E-state index contributed by atoms with van der Waals surface area (Å²) in [5, 5.41) is 0. The molecular weight excluding hydrogens is 765 g/mol. The van der Waals surface area contributed by atoms with Crippen molar-refractivity contribution in [3.05, 3.63) is 198 Å². The van der Waals surface area contributed by atoms with Gasteiger partial charge in [0.15, 0.2) is 11.6 Å². The second-order valence-electron chi connectivity index (χ2n) is 18.3. The highest BCUT2D eigenvalue weighted by atomic mass is 14.9. The topological polar surface area (TPSA) is 51.6 Å². The van der Waals surface area contributed by atoms with E-state index in [2.05, 4.69) is 184 Å². The molecule has 1 spiro atoms. The van der Waals surface area contributed by atoms with E-state index in [1.165, 1.54) is 76.6 Å². The highest BCUT2D eigenvalue weighted by molar-refractivity contribution is 5.94. The van der Waals surface area contributed by atoms with E-state index in [-0.39, 0.29) is 10.8 Å². The number of fused-ring (bicyclic) bond motifs is 7. The van der Waals surface area contributed by atoms with E-state index in [1.54, 1.807) is 5.57 Å². The number of nitrogens with zero attached hydrogens (tertiary/aromatic N) is 4. The molecule has 4 heteroatoms. The number of hydrogen-bond acceptors (Lipinski definition) is 4. The van der Waals surface area contributed by atoms with Gasteiger partial charge in [0.05, 0.1) is 22.8 Å². The van der Waals surface area contributed by atoms with Crippen LogP contribution in [0.2, 0.25) is 0 Å². The largest absolute Gasteiger partial charge is 0.228 e. The van der Waals surface area contributed by atoms with Gasteiger partial charge in [-0.3, -0.25) is 0 Å². The van der Waals surface area contributed by atoms with Crippen molar-refractivity contribution < 1.29 is 0 Å². The van der Waals surface area contributed by atoms with Gasteiger partial charge in [0, 0.05) is 44.2 Å². The Morgan fingerprint density at radius 2 is 0.937 bits per heavy atom. The van der Waals surface area contributed by atoms with Crippen LogP contribution in [0.4, 0.5) is 0 Å². The van der Waals surface area contributed by atoms with Gasteiger partial charge in [0.1, 0.15) is 0 Å². The van der Waals surface area contributed by atoms with Gasteiger partial charge in [-0.15, -0.1) is 0 Å². The number of rotatable bonds is 6. The highest BCUT2D eigenvalue weighted by Crippen LogP contribution is 2.58. The van der Waals surface area contributed by atoms with Gasteiger partial charge in [-0.25, -0.2) is 19.9 Å². The minimum Gasteiger partial charge on any atom is -0.228 e. The first kappa shape index (κ1) is 37.7. The molecule has 63 heavy (non-hydrogen) atoms. The molecule has 0 atom stereocenters. The van der Waals surface area contributed by atoms with Crippen LogP contribution in [0.1, 0.15) is 81.0 Å². The second kappa shape index (κ2) is 14.8. The van der Waals surface area contributed by atoms with Crippen molar-refractivity contribution in [3.8, 4) is 78.9 Å². The third-order valence-corrected chi connectivity index (χ3v) is 14.4. The zero-order valence-electron chi connectivity index (χ0n) is 35.9. The van der Waals surface area contributed by atoms with E-state index in [4.69, 9.17) is 19.9 Å². The average molecular weight is 813 g/mol. The maximum absolute atomic E-state index is 5.44. The Morgan fingerprint density at radius 3 is 1.56 bits per heavy atom. The van der Waals surface area contributed by atoms with Crippen LogP contribution in [0.5, 0.6) is 0 Å². The van der Waals surface area contributed by atoms with Crippen LogP contribution in [0.25, 0.3) is 84.5 Å². The van der Waals surface area contributed by atoms with Gasteiger partial charge in [-0.1, -0.05) is 191 Å². The van der Waals surface area contributed by atoms with Crippen molar-refractivity contribution in [2.45, 2.75) is 69.6 Å². The average Bonchev–Trinajstić information content (AvgIpc) is 3.76. The van der Waals surface area contributed by atoms with E-state index in [0.29, 0.717) is 11.6 Å². The molecule has 0 unspecified atom stereocenters. The molecular formula is C59H48N4. The van der Waals surface area contributed by atoms with E-state index >= 15 is 0 Å². The van der Waals surface area contributed by atoms with Crippen LogP contribution >= 0.6 is 0 Å². The van der Waals surface area contributed by atoms with Gasteiger partial charge in [0.25, 0.3) is 0 Å². The lowest BCUT2D eigenvalue weighted by Gasteiger charge is -2.37. The van der Waals surface area contributed by atoms with Crippen molar-refractivity contribution in [1.29, 1.82) is 0 Å². The summed E-state index contributed by atoms with van der Waals surface area (Å²) < 4.78 is 0. The normalized spacial score (nSPS) is 16.4. The molecule has 8 aromatic rings. The Morgan fingerprint density at radius 1 is 0.429 bits per heavy atom. The van der Waals surface area contributed by atoms with Crippen LogP contribution in [0, 0.1) is 0 Å². The summed E-state index contributed by atoms with van der Waals surface area (Å²) >= 11 is 0. The second-order valence-corrected chi connectivity index (χ2v) is 18.3. The van der Waals surface area contributed by atoms with Crippen molar-refractivity contribution in [2.24, 2.45) is 0 Å². The molecule has 6 aromatic carbocycles. The lowest BCUT2D eigenvalue weighted by molar-refractivity contribution is 0.350. The van der Waals surface area contributed by atoms with Crippen LogP contribution < -0.4 is 0 Å². The highest BCUT2D eigenvalue weighted by Gasteiger charge is 2.46. The van der Waals surface area contributed by atoms with Crippen LogP contribution in [-0.4, -0.2) is 19.9 Å². The summed E-state index contributed by atoms with van der Waals surface area (Å²) in [5.41, 5.74) is 21.3. The molecule has 0 bridgehead atoms. The van der Waals surface area contributed by atoms with Gasteiger partial charge in [-0.05, 0) is 82.3 Å².